The van der Waals surface area contributed by atoms with Gasteiger partial charge in [0.15, 0.2) is 0 Å². The highest BCUT2D eigenvalue weighted by Crippen LogP contribution is 2.17. The van der Waals surface area contributed by atoms with E-state index in [4.69, 9.17) is 5.21 Å². The normalized spacial score (nSPS) is 30.1. The number of nitrogens with zero attached hydrogens (tertiary/aromatic N) is 2. The molecule has 0 aliphatic carbocycles. The van der Waals surface area contributed by atoms with Crippen molar-refractivity contribution in [2.24, 2.45) is 0 Å². The zero-order valence-corrected chi connectivity index (χ0v) is 5.40. The van der Waals surface area contributed by atoms with Gasteiger partial charge in [-0.25, -0.2) is 4.79 Å². The lowest BCUT2D eigenvalue weighted by molar-refractivity contribution is -0.0450. The summed E-state index contributed by atoms with van der Waals surface area (Å²) in [4.78, 5) is 12.6. The Labute approximate surface area is 58.3 Å². The van der Waals surface area contributed by atoms with E-state index in [1.807, 2.05) is 12.2 Å². The molecule has 54 valence electrons. The first-order valence-electron chi connectivity index (χ1n) is 3.23. The quantitative estimate of drug-likeness (QED) is 0.381. The largest absolute Gasteiger partial charge is 0.344 e. The molecule has 4 heteroatoms. The molecule has 0 aromatic heterocycles. The number of carbonyl (C=O) groups excluding carboxylic acids is 1. The molecule has 1 fully saturated rings. The highest BCUT2D eigenvalue weighted by atomic mass is 16.5. The molecule has 0 spiro atoms. The Hall–Kier alpha value is -1.03. The van der Waals surface area contributed by atoms with Crippen molar-refractivity contribution in [3.8, 4) is 0 Å². The van der Waals surface area contributed by atoms with Gasteiger partial charge in [-0.15, -0.1) is 0 Å². The van der Waals surface area contributed by atoms with Gasteiger partial charge in [0.25, 0.3) is 0 Å². The van der Waals surface area contributed by atoms with E-state index in [-0.39, 0.29) is 12.1 Å². The molecular formula is C6H8N2O2. The van der Waals surface area contributed by atoms with E-state index in [0.29, 0.717) is 13.1 Å². The van der Waals surface area contributed by atoms with Gasteiger partial charge >= 0.3 is 6.03 Å². The minimum absolute atomic E-state index is 0.110. The number of hydroxylamine groups is 2. The van der Waals surface area contributed by atoms with E-state index < -0.39 is 0 Å². The summed E-state index contributed by atoms with van der Waals surface area (Å²) in [5.74, 6) is 0. The molecule has 1 atom stereocenters. The van der Waals surface area contributed by atoms with Gasteiger partial charge in [0, 0.05) is 13.1 Å². The molecule has 2 amide bonds. The summed E-state index contributed by atoms with van der Waals surface area (Å²) in [6.07, 6.45) is 3.74. The smallest absolute Gasteiger partial charge is 0.317 e. The van der Waals surface area contributed by atoms with Crippen molar-refractivity contribution in [3.63, 3.8) is 0 Å². The van der Waals surface area contributed by atoms with E-state index in [2.05, 4.69) is 0 Å². The molecule has 2 bridgehead atoms. The van der Waals surface area contributed by atoms with Gasteiger partial charge in [-0.05, 0) is 0 Å². The summed E-state index contributed by atoms with van der Waals surface area (Å²) >= 11 is 0. The van der Waals surface area contributed by atoms with Crippen molar-refractivity contribution in [1.29, 1.82) is 0 Å². The number of hydrogen-bond donors (Lipinski definition) is 1. The van der Waals surface area contributed by atoms with E-state index in [0.717, 1.165) is 5.06 Å². The third-order valence-corrected chi connectivity index (χ3v) is 1.87. The SMILES string of the molecule is O=C1N2CC=CC(C2)N1O. The van der Waals surface area contributed by atoms with Crippen molar-refractivity contribution in [2.45, 2.75) is 6.04 Å². The summed E-state index contributed by atoms with van der Waals surface area (Å²) in [5.41, 5.74) is 0. The van der Waals surface area contributed by atoms with Gasteiger partial charge in [-0.1, -0.05) is 12.2 Å². The van der Waals surface area contributed by atoms with Crippen LogP contribution in [0.1, 0.15) is 0 Å². The molecule has 2 aliphatic rings. The maximum atomic E-state index is 10.9. The third kappa shape index (κ3) is 0.565. The van der Waals surface area contributed by atoms with Crippen molar-refractivity contribution < 1.29 is 10.0 Å². The van der Waals surface area contributed by atoms with Crippen LogP contribution in [0.3, 0.4) is 0 Å². The standard InChI is InChI=1S/C6H8N2O2/c9-6-7-3-1-2-5(4-7)8(6)10/h1-2,5,10H,3-4H2. The van der Waals surface area contributed by atoms with Crippen LogP contribution in [-0.4, -0.2) is 40.3 Å². The van der Waals surface area contributed by atoms with E-state index in [1.54, 1.807) is 4.90 Å². The number of urea groups is 1. The van der Waals surface area contributed by atoms with Crippen molar-refractivity contribution in [3.05, 3.63) is 12.2 Å². The van der Waals surface area contributed by atoms with E-state index >= 15 is 0 Å². The molecule has 1 unspecified atom stereocenters. The first-order chi connectivity index (χ1) is 4.79. The molecule has 0 radical (unpaired) electrons. The molecule has 2 heterocycles. The number of fused-ring (bicyclic) bond motifs is 2. The molecule has 2 aliphatic heterocycles. The minimum atomic E-state index is -0.282. The van der Waals surface area contributed by atoms with Crippen LogP contribution < -0.4 is 0 Å². The molecule has 4 nitrogen and oxygen atoms in total. The van der Waals surface area contributed by atoms with E-state index in [9.17, 15) is 4.79 Å². The Morgan fingerprint density at radius 1 is 1.70 bits per heavy atom. The topological polar surface area (TPSA) is 43.8 Å². The summed E-state index contributed by atoms with van der Waals surface area (Å²) in [6, 6.07) is -0.392. The molecular weight excluding hydrogens is 132 g/mol. The lowest BCUT2D eigenvalue weighted by atomic mass is 10.2. The summed E-state index contributed by atoms with van der Waals surface area (Å²) in [6.45, 7) is 1.26. The second-order valence-electron chi connectivity index (χ2n) is 2.53. The highest BCUT2D eigenvalue weighted by molar-refractivity contribution is 5.77. The molecule has 10 heavy (non-hydrogen) atoms. The van der Waals surface area contributed by atoms with Crippen molar-refractivity contribution >= 4 is 6.03 Å². The summed E-state index contributed by atoms with van der Waals surface area (Å²) in [7, 11) is 0. The summed E-state index contributed by atoms with van der Waals surface area (Å²) in [5, 5.41) is 9.84. The van der Waals surface area contributed by atoms with Crippen molar-refractivity contribution in [1.82, 2.24) is 9.96 Å². The number of hydrogen-bond acceptors (Lipinski definition) is 2. The molecule has 0 aromatic rings. The average molecular weight is 140 g/mol. The van der Waals surface area contributed by atoms with Gasteiger partial charge in [-0.2, -0.15) is 5.06 Å². The van der Waals surface area contributed by atoms with Gasteiger partial charge in [-0.3, -0.25) is 5.21 Å². The molecule has 2 rings (SSSR count). The first kappa shape index (κ1) is 5.73. The Morgan fingerprint density at radius 3 is 3.10 bits per heavy atom. The second kappa shape index (κ2) is 1.73. The maximum Gasteiger partial charge on any atom is 0.344 e. The lowest BCUT2D eigenvalue weighted by Gasteiger charge is -2.13. The Kier molecular flexibility index (Phi) is 0.990. The van der Waals surface area contributed by atoms with Gasteiger partial charge < -0.3 is 4.90 Å². The van der Waals surface area contributed by atoms with Gasteiger partial charge in [0.05, 0.1) is 6.04 Å². The fraction of sp³-hybridized carbons (Fsp3) is 0.500. The Bertz CT molecular complexity index is 198. The first-order valence-corrected chi connectivity index (χ1v) is 3.23. The average Bonchev–Trinajstić information content (AvgIpc) is 2.17. The number of rotatable bonds is 0. The van der Waals surface area contributed by atoms with Crippen LogP contribution in [0.2, 0.25) is 0 Å². The van der Waals surface area contributed by atoms with E-state index in [1.165, 1.54) is 0 Å². The summed E-state index contributed by atoms with van der Waals surface area (Å²) < 4.78 is 0. The predicted molar refractivity (Wildman–Crippen MR) is 33.5 cm³/mol. The molecule has 1 saturated heterocycles. The van der Waals surface area contributed by atoms with Crippen LogP contribution >= 0.6 is 0 Å². The Balaban J connectivity index is 2.30. The fourth-order valence-corrected chi connectivity index (χ4v) is 1.31. The van der Waals surface area contributed by atoms with Crippen LogP contribution in [0, 0.1) is 0 Å². The zero-order chi connectivity index (χ0) is 7.14. The Morgan fingerprint density at radius 2 is 2.50 bits per heavy atom. The third-order valence-electron chi connectivity index (χ3n) is 1.87. The predicted octanol–water partition coefficient (Wildman–Crippen LogP) is 0.0516. The number of amides is 2. The van der Waals surface area contributed by atoms with Crippen LogP contribution in [0.15, 0.2) is 12.2 Å². The van der Waals surface area contributed by atoms with Gasteiger partial charge in [0.1, 0.15) is 0 Å². The van der Waals surface area contributed by atoms with Gasteiger partial charge in [0.2, 0.25) is 0 Å². The maximum absolute atomic E-state index is 10.9. The molecule has 0 saturated carbocycles. The van der Waals surface area contributed by atoms with Crippen LogP contribution in [0.4, 0.5) is 4.79 Å². The fourth-order valence-electron chi connectivity index (χ4n) is 1.31. The van der Waals surface area contributed by atoms with Crippen LogP contribution in [0.25, 0.3) is 0 Å². The minimum Gasteiger partial charge on any atom is -0.317 e. The molecule has 1 N–H and O–H groups in total. The van der Waals surface area contributed by atoms with Crippen LogP contribution in [-0.2, 0) is 0 Å². The monoisotopic (exact) mass is 140 g/mol. The lowest BCUT2D eigenvalue weighted by Crippen LogP contribution is -2.29. The second-order valence-corrected chi connectivity index (χ2v) is 2.53. The zero-order valence-electron chi connectivity index (χ0n) is 5.40. The van der Waals surface area contributed by atoms with Crippen LogP contribution in [0.5, 0.6) is 0 Å². The van der Waals surface area contributed by atoms with Crippen molar-refractivity contribution in [2.75, 3.05) is 13.1 Å². The highest BCUT2D eigenvalue weighted by Gasteiger charge is 2.36. The number of carbonyl (C=O) groups is 1. The molecule has 0 aromatic carbocycles.